The normalized spacial score (nSPS) is 11.4. The van der Waals surface area contributed by atoms with Crippen molar-refractivity contribution in [2.45, 2.75) is 31.5 Å². The van der Waals surface area contributed by atoms with Crippen molar-refractivity contribution in [3.8, 4) is 17.2 Å². The van der Waals surface area contributed by atoms with E-state index < -0.39 is 15.7 Å². The van der Waals surface area contributed by atoms with Crippen LogP contribution in [-0.2, 0) is 16.4 Å². The van der Waals surface area contributed by atoms with Crippen molar-refractivity contribution in [2.75, 3.05) is 11.6 Å². The van der Waals surface area contributed by atoms with Crippen molar-refractivity contribution in [3.05, 3.63) is 59.1 Å². The molecule has 164 valence electrons. The van der Waals surface area contributed by atoms with E-state index in [-0.39, 0.29) is 17.6 Å². The summed E-state index contributed by atoms with van der Waals surface area (Å²) in [5, 5.41) is 12.2. The lowest BCUT2D eigenvalue weighted by molar-refractivity contribution is 0.102. The van der Waals surface area contributed by atoms with E-state index in [1.54, 1.807) is 18.2 Å². The summed E-state index contributed by atoms with van der Waals surface area (Å²) in [5.41, 5.74) is 0.293. The molecule has 0 spiro atoms. The number of aliphatic hydroxyl groups excluding tert-OH is 1. The maximum atomic E-state index is 12.7. The van der Waals surface area contributed by atoms with Gasteiger partial charge in [-0.3, -0.25) is 10.1 Å². The Balaban J connectivity index is 1.86. The highest BCUT2D eigenvalue weighted by atomic mass is 32.2. The van der Waals surface area contributed by atoms with Gasteiger partial charge in [0.2, 0.25) is 0 Å². The topological polar surface area (TPSA) is 115 Å². The maximum absolute atomic E-state index is 12.7. The van der Waals surface area contributed by atoms with Gasteiger partial charge >= 0.3 is 0 Å². The van der Waals surface area contributed by atoms with Gasteiger partial charge < -0.3 is 14.6 Å². The predicted molar refractivity (Wildman–Crippen MR) is 118 cm³/mol. The molecular weight excluding hydrogens is 440 g/mol. The van der Waals surface area contributed by atoms with Gasteiger partial charge in [-0.1, -0.05) is 11.3 Å². The molecular formula is C21H22N2O6S2. The molecule has 0 saturated heterocycles. The van der Waals surface area contributed by atoms with Gasteiger partial charge in [-0.25, -0.2) is 13.4 Å². The second-order valence-corrected chi connectivity index (χ2v) is 10.1. The van der Waals surface area contributed by atoms with Crippen LogP contribution in [0.15, 0.2) is 53.6 Å². The molecule has 0 unspecified atom stereocenters. The third-order valence-corrected chi connectivity index (χ3v) is 5.96. The monoisotopic (exact) mass is 462 g/mol. The fourth-order valence-corrected chi connectivity index (χ4v) is 3.90. The smallest absolute Gasteiger partial charge is 0.257 e. The lowest BCUT2D eigenvalue weighted by Crippen LogP contribution is -2.13. The number of carbonyl (C=O) groups excluding carboxylic acids is 1. The number of rotatable bonds is 8. The molecule has 0 aliphatic carbocycles. The molecule has 0 radical (unpaired) electrons. The number of nitrogens with one attached hydrogen (secondary N) is 1. The first-order valence-corrected chi connectivity index (χ1v) is 12.0. The highest BCUT2D eigenvalue weighted by molar-refractivity contribution is 7.90. The average Bonchev–Trinajstić information content (AvgIpc) is 3.14. The van der Waals surface area contributed by atoms with Gasteiger partial charge in [0.05, 0.1) is 22.5 Å². The van der Waals surface area contributed by atoms with Crippen LogP contribution >= 0.6 is 11.3 Å². The number of sulfone groups is 1. The zero-order valence-electron chi connectivity index (χ0n) is 17.2. The zero-order valence-corrected chi connectivity index (χ0v) is 18.8. The number of hydrogen-bond acceptors (Lipinski definition) is 8. The third-order valence-electron chi connectivity index (χ3n) is 3.93. The number of benzene rings is 2. The van der Waals surface area contributed by atoms with Crippen LogP contribution in [0.3, 0.4) is 0 Å². The number of carbonyl (C=O) groups is 1. The number of aliphatic hydroxyl groups is 1. The largest absolute Gasteiger partial charge is 0.491 e. The Morgan fingerprint density at radius 3 is 2.39 bits per heavy atom. The molecule has 1 heterocycles. The van der Waals surface area contributed by atoms with Gasteiger partial charge in [0.15, 0.2) is 15.0 Å². The van der Waals surface area contributed by atoms with Crippen LogP contribution in [0.5, 0.6) is 17.2 Å². The second kappa shape index (κ2) is 9.46. The lowest BCUT2D eigenvalue weighted by Gasteiger charge is -2.14. The van der Waals surface area contributed by atoms with Crippen LogP contribution in [0.4, 0.5) is 5.13 Å². The Morgan fingerprint density at radius 2 is 1.81 bits per heavy atom. The average molecular weight is 463 g/mol. The number of nitrogens with zero attached hydrogens (tertiary/aromatic N) is 1. The molecule has 3 rings (SSSR count). The molecule has 1 aromatic heterocycles. The zero-order chi connectivity index (χ0) is 22.6. The minimum atomic E-state index is -3.31. The molecule has 0 saturated carbocycles. The number of aromatic nitrogens is 1. The van der Waals surface area contributed by atoms with E-state index >= 15 is 0 Å². The van der Waals surface area contributed by atoms with Gasteiger partial charge in [0.1, 0.15) is 17.2 Å². The highest BCUT2D eigenvalue weighted by Gasteiger charge is 2.14. The van der Waals surface area contributed by atoms with Crippen LogP contribution in [-0.4, -0.2) is 36.8 Å². The molecule has 0 fully saturated rings. The van der Waals surface area contributed by atoms with E-state index in [1.165, 1.54) is 41.8 Å². The van der Waals surface area contributed by atoms with Gasteiger partial charge in [0, 0.05) is 24.1 Å². The molecule has 0 bridgehead atoms. The lowest BCUT2D eigenvalue weighted by atomic mass is 10.2. The number of hydrogen-bond donors (Lipinski definition) is 2. The molecule has 2 N–H and O–H groups in total. The van der Waals surface area contributed by atoms with Crippen LogP contribution in [0.25, 0.3) is 0 Å². The number of amides is 1. The van der Waals surface area contributed by atoms with E-state index in [2.05, 4.69) is 10.3 Å². The Hall–Kier alpha value is -2.95. The summed E-state index contributed by atoms with van der Waals surface area (Å²) in [6, 6.07) is 10.8. The summed E-state index contributed by atoms with van der Waals surface area (Å²) in [5.74, 6) is 0.796. The van der Waals surface area contributed by atoms with Crippen molar-refractivity contribution < 1.29 is 27.8 Å². The van der Waals surface area contributed by atoms with E-state index in [0.29, 0.717) is 32.8 Å². The summed E-state index contributed by atoms with van der Waals surface area (Å²) >= 11 is 1.18. The molecule has 31 heavy (non-hydrogen) atoms. The SMILES string of the molecule is CC(C)Oc1cc(Oc2ccc(S(C)(=O)=O)cc2)cc(C(=O)Nc2ncc(CO)s2)c1. The van der Waals surface area contributed by atoms with Crippen LogP contribution in [0, 0.1) is 0 Å². The summed E-state index contributed by atoms with van der Waals surface area (Å²) in [6.45, 7) is 3.58. The Kier molecular flexibility index (Phi) is 6.94. The van der Waals surface area contributed by atoms with Gasteiger partial charge in [-0.15, -0.1) is 0 Å². The Labute approximate surface area is 184 Å². The quantitative estimate of drug-likeness (QED) is 0.522. The molecule has 10 heteroatoms. The summed E-state index contributed by atoms with van der Waals surface area (Å²) in [7, 11) is -3.31. The predicted octanol–water partition coefficient (Wildman–Crippen LogP) is 3.87. The minimum Gasteiger partial charge on any atom is -0.491 e. The van der Waals surface area contributed by atoms with Gasteiger partial charge in [-0.2, -0.15) is 0 Å². The third kappa shape index (κ3) is 6.27. The summed E-state index contributed by atoms with van der Waals surface area (Å²) < 4.78 is 34.8. The van der Waals surface area contributed by atoms with Crippen molar-refractivity contribution in [2.24, 2.45) is 0 Å². The van der Waals surface area contributed by atoms with Crippen molar-refractivity contribution in [1.29, 1.82) is 0 Å². The van der Waals surface area contributed by atoms with Gasteiger partial charge in [0.25, 0.3) is 5.91 Å². The molecule has 1 amide bonds. The first-order valence-electron chi connectivity index (χ1n) is 9.30. The van der Waals surface area contributed by atoms with E-state index in [4.69, 9.17) is 14.6 Å². The van der Waals surface area contributed by atoms with Crippen LogP contribution in [0.1, 0.15) is 29.1 Å². The molecule has 0 atom stereocenters. The highest BCUT2D eigenvalue weighted by Crippen LogP contribution is 2.29. The minimum absolute atomic E-state index is 0.119. The number of thiazole rings is 1. The maximum Gasteiger partial charge on any atom is 0.257 e. The Bertz CT molecular complexity index is 1170. The first-order chi connectivity index (χ1) is 14.6. The second-order valence-electron chi connectivity index (χ2n) is 6.95. The number of ether oxygens (including phenoxy) is 2. The first kappa shape index (κ1) is 22.7. The molecule has 8 nitrogen and oxygen atoms in total. The summed E-state index contributed by atoms with van der Waals surface area (Å²) in [6.07, 6.45) is 2.51. The fourth-order valence-electron chi connectivity index (χ4n) is 2.60. The summed E-state index contributed by atoms with van der Waals surface area (Å²) in [4.78, 5) is 17.6. The standard InChI is InChI=1S/C21H22N2O6S2/c1-13(2)28-16-8-14(20(25)23-21-22-11-18(12-24)30-21)9-17(10-16)29-15-4-6-19(7-5-15)31(3,26)27/h4-11,13,24H,12H2,1-3H3,(H,22,23,25). The van der Waals surface area contributed by atoms with E-state index in [0.717, 1.165) is 6.26 Å². The van der Waals surface area contributed by atoms with Crippen LogP contribution < -0.4 is 14.8 Å². The van der Waals surface area contributed by atoms with Crippen molar-refractivity contribution in [1.82, 2.24) is 4.98 Å². The molecule has 0 aliphatic rings. The van der Waals surface area contributed by atoms with E-state index in [1.807, 2.05) is 13.8 Å². The van der Waals surface area contributed by atoms with Crippen molar-refractivity contribution in [3.63, 3.8) is 0 Å². The fraction of sp³-hybridized carbons (Fsp3) is 0.238. The van der Waals surface area contributed by atoms with E-state index in [9.17, 15) is 13.2 Å². The van der Waals surface area contributed by atoms with Crippen molar-refractivity contribution >= 4 is 32.2 Å². The van der Waals surface area contributed by atoms with Crippen LogP contribution in [0.2, 0.25) is 0 Å². The Morgan fingerprint density at radius 1 is 1.13 bits per heavy atom. The number of anilines is 1. The molecule has 3 aromatic rings. The molecule has 0 aliphatic heterocycles. The van der Waals surface area contributed by atoms with Gasteiger partial charge in [-0.05, 0) is 50.2 Å². The molecule has 2 aromatic carbocycles.